The number of carboxylic acid groups (broad SMARTS) is 1. The molecule has 0 aromatic heterocycles. The van der Waals surface area contributed by atoms with Crippen molar-refractivity contribution in [1.29, 1.82) is 0 Å². The molecule has 0 aromatic carbocycles. The first-order valence-corrected chi connectivity index (χ1v) is 6.64. The van der Waals surface area contributed by atoms with Crippen molar-refractivity contribution in [3.05, 3.63) is 0 Å². The maximum absolute atomic E-state index is 11.7. The monoisotopic (exact) mass is 361 g/mol. The lowest BCUT2D eigenvalue weighted by Crippen LogP contribution is -2.68. The summed E-state index contributed by atoms with van der Waals surface area (Å²) >= 11 is 9.37. The fraction of sp³-hybridized carbons (Fsp3) is 0.750. The highest BCUT2D eigenvalue weighted by Crippen LogP contribution is 2.59. The molecule has 0 aliphatic carbocycles. The van der Waals surface area contributed by atoms with Crippen molar-refractivity contribution in [2.45, 2.75) is 32.9 Å². The van der Waals surface area contributed by atoms with E-state index in [2.05, 4.69) is 0 Å². The van der Waals surface area contributed by atoms with E-state index in [1.54, 1.807) is 0 Å². The first-order valence-electron chi connectivity index (χ1n) is 4.31. The van der Waals surface area contributed by atoms with Crippen LogP contribution >= 0.6 is 46.0 Å². The van der Waals surface area contributed by atoms with Gasteiger partial charge in [0.25, 0.3) is 5.91 Å². The predicted octanol–water partition coefficient (Wildman–Crippen LogP) is 1.50. The van der Waals surface area contributed by atoms with Crippen LogP contribution in [0.25, 0.3) is 0 Å². The number of amides is 1. The Kier molecular flexibility index (Phi) is 2.49. The molecule has 2 rings (SSSR count). The van der Waals surface area contributed by atoms with Crippen LogP contribution in [0.4, 0.5) is 0 Å². The molecule has 2 aliphatic heterocycles. The highest BCUT2D eigenvalue weighted by molar-refractivity contribution is 14.1. The van der Waals surface area contributed by atoms with E-state index in [0.29, 0.717) is 0 Å². The summed E-state index contributed by atoms with van der Waals surface area (Å²) in [7, 11) is 0. The standard InChI is InChI=1S/C8H9ClINO3S/c1-7(2)3(4(12)13)11-5(14)8(9,10)6(11)15-7/h3,6H,1-2H3,(H,12,13)/t3-,6+,8+/m0/s1. The molecule has 2 saturated heterocycles. The lowest BCUT2D eigenvalue weighted by Gasteiger charge is -2.45. The fourth-order valence-electron chi connectivity index (χ4n) is 1.98. The second kappa shape index (κ2) is 3.16. The van der Waals surface area contributed by atoms with Crippen molar-refractivity contribution < 1.29 is 14.7 Å². The SMILES string of the molecule is CC1(C)S[C@H]2N(C(=O)[C@@]2(Cl)I)[C@H]1C(=O)O. The second-order valence-electron chi connectivity index (χ2n) is 4.15. The molecule has 0 bridgehead atoms. The Labute approximate surface area is 110 Å². The lowest BCUT2D eigenvalue weighted by atomic mass is 9.98. The van der Waals surface area contributed by atoms with Crippen molar-refractivity contribution in [2.75, 3.05) is 0 Å². The average Bonchev–Trinajstić information content (AvgIpc) is 2.35. The van der Waals surface area contributed by atoms with E-state index in [4.69, 9.17) is 16.7 Å². The van der Waals surface area contributed by atoms with Gasteiger partial charge in [-0.2, -0.15) is 0 Å². The molecule has 2 aliphatic rings. The first-order chi connectivity index (χ1) is 6.69. The molecule has 0 saturated carbocycles. The Balaban J connectivity index is 2.37. The van der Waals surface area contributed by atoms with Crippen LogP contribution in [0.5, 0.6) is 0 Å². The summed E-state index contributed by atoms with van der Waals surface area (Å²) in [4.78, 5) is 24.2. The normalized spacial score (nSPS) is 42.4. The molecule has 2 heterocycles. The Morgan fingerprint density at radius 1 is 1.67 bits per heavy atom. The number of aliphatic carboxylic acids is 1. The summed E-state index contributed by atoms with van der Waals surface area (Å²) in [5, 5.41) is 8.87. The van der Waals surface area contributed by atoms with Gasteiger partial charge in [0.15, 0.2) is 0 Å². The zero-order valence-electron chi connectivity index (χ0n) is 8.03. The van der Waals surface area contributed by atoms with Crippen LogP contribution in [0, 0.1) is 0 Å². The van der Waals surface area contributed by atoms with E-state index in [1.807, 2.05) is 36.4 Å². The number of thioether (sulfide) groups is 1. The third-order valence-corrected chi connectivity index (χ3v) is 6.27. The van der Waals surface area contributed by atoms with Gasteiger partial charge >= 0.3 is 5.97 Å². The van der Waals surface area contributed by atoms with E-state index in [9.17, 15) is 9.59 Å². The van der Waals surface area contributed by atoms with Gasteiger partial charge in [-0.15, -0.1) is 11.8 Å². The number of carboxylic acids is 1. The molecule has 1 amide bonds. The van der Waals surface area contributed by atoms with Crippen molar-refractivity contribution in [2.24, 2.45) is 0 Å². The van der Waals surface area contributed by atoms with Crippen LogP contribution < -0.4 is 0 Å². The van der Waals surface area contributed by atoms with E-state index in [-0.39, 0.29) is 11.3 Å². The summed E-state index contributed by atoms with van der Waals surface area (Å²) in [6.07, 6.45) is 0. The van der Waals surface area contributed by atoms with Crippen molar-refractivity contribution in [1.82, 2.24) is 4.90 Å². The van der Waals surface area contributed by atoms with E-state index >= 15 is 0 Å². The van der Waals surface area contributed by atoms with E-state index < -0.39 is 19.6 Å². The number of rotatable bonds is 1. The maximum atomic E-state index is 11.7. The molecular weight excluding hydrogens is 353 g/mol. The number of halogens is 2. The number of fused-ring (bicyclic) bond motifs is 1. The van der Waals surface area contributed by atoms with Crippen LogP contribution in [-0.4, -0.2) is 40.9 Å². The van der Waals surface area contributed by atoms with Gasteiger partial charge in [-0.05, 0) is 36.4 Å². The molecule has 3 atom stereocenters. The third-order valence-electron chi connectivity index (χ3n) is 2.67. The van der Waals surface area contributed by atoms with Gasteiger partial charge in [-0.25, -0.2) is 4.79 Å². The van der Waals surface area contributed by atoms with Crippen molar-refractivity contribution in [3.8, 4) is 0 Å². The molecule has 0 radical (unpaired) electrons. The zero-order valence-corrected chi connectivity index (χ0v) is 11.8. The van der Waals surface area contributed by atoms with Crippen molar-refractivity contribution >= 4 is 57.8 Å². The highest BCUT2D eigenvalue weighted by atomic mass is 127. The summed E-state index contributed by atoms with van der Waals surface area (Å²) < 4.78 is -1.46. The minimum Gasteiger partial charge on any atom is -0.480 e. The number of hydrogen-bond donors (Lipinski definition) is 1. The first kappa shape index (κ1) is 11.8. The average molecular weight is 362 g/mol. The van der Waals surface area contributed by atoms with Crippen LogP contribution in [-0.2, 0) is 9.59 Å². The van der Waals surface area contributed by atoms with Gasteiger partial charge in [-0.1, -0.05) is 11.6 Å². The molecule has 84 valence electrons. The second-order valence-corrected chi connectivity index (χ2v) is 8.82. The van der Waals surface area contributed by atoms with Crippen LogP contribution in [0.3, 0.4) is 0 Å². The number of alkyl halides is 2. The summed E-state index contributed by atoms with van der Waals surface area (Å²) in [5.74, 6) is -1.26. The molecular formula is C8H9ClINO3S. The Morgan fingerprint density at radius 2 is 2.20 bits per heavy atom. The van der Waals surface area contributed by atoms with E-state index in [0.717, 1.165) is 0 Å². The molecule has 1 N–H and O–H groups in total. The molecule has 7 heteroatoms. The third kappa shape index (κ3) is 1.40. The molecule has 15 heavy (non-hydrogen) atoms. The largest absolute Gasteiger partial charge is 0.480 e. The van der Waals surface area contributed by atoms with Gasteiger partial charge < -0.3 is 10.0 Å². The minimum absolute atomic E-state index is 0.233. The number of hydrogen-bond acceptors (Lipinski definition) is 3. The van der Waals surface area contributed by atoms with Gasteiger partial charge in [0.2, 0.25) is 2.88 Å². The Morgan fingerprint density at radius 3 is 2.67 bits per heavy atom. The van der Waals surface area contributed by atoms with Gasteiger partial charge in [-0.3, -0.25) is 4.79 Å². The van der Waals surface area contributed by atoms with Crippen LogP contribution in [0.1, 0.15) is 13.8 Å². The smallest absolute Gasteiger partial charge is 0.327 e. The van der Waals surface area contributed by atoms with Gasteiger partial charge in [0.1, 0.15) is 11.4 Å². The topological polar surface area (TPSA) is 57.6 Å². The highest BCUT2D eigenvalue weighted by Gasteiger charge is 2.70. The molecule has 4 nitrogen and oxygen atoms in total. The lowest BCUT2D eigenvalue weighted by molar-refractivity contribution is -0.157. The maximum Gasteiger partial charge on any atom is 0.327 e. The van der Waals surface area contributed by atoms with Crippen LogP contribution in [0.15, 0.2) is 0 Å². The fourth-order valence-corrected chi connectivity index (χ4v) is 4.77. The molecule has 2 fully saturated rings. The van der Waals surface area contributed by atoms with Crippen LogP contribution in [0.2, 0.25) is 0 Å². The quantitative estimate of drug-likeness (QED) is 0.437. The Bertz CT molecular complexity index is 360. The summed E-state index contributed by atoms with van der Waals surface area (Å²) in [6.45, 7) is 3.65. The number of nitrogens with zero attached hydrogens (tertiary/aromatic N) is 1. The zero-order chi connectivity index (χ0) is 11.6. The molecule has 0 unspecified atom stereocenters. The van der Waals surface area contributed by atoms with Crippen molar-refractivity contribution in [3.63, 3.8) is 0 Å². The Hall–Kier alpha value is 0.310. The summed E-state index contributed by atoms with van der Waals surface area (Å²) in [6, 6.07) is -0.776. The molecule has 0 aromatic rings. The van der Waals surface area contributed by atoms with Gasteiger partial charge in [0, 0.05) is 4.75 Å². The van der Waals surface area contributed by atoms with Gasteiger partial charge in [0.05, 0.1) is 0 Å². The predicted molar refractivity (Wildman–Crippen MR) is 66.3 cm³/mol. The minimum atomic E-state index is -0.968. The number of carbonyl (C=O) groups is 2. The number of β-lactam (4-membered cyclic amide) rings is 1. The van der Waals surface area contributed by atoms with E-state index in [1.165, 1.54) is 16.7 Å². The number of carbonyl (C=O) groups excluding carboxylic acids is 1. The summed E-state index contributed by atoms with van der Waals surface area (Å²) in [5.41, 5.74) is 0. The molecule has 0 spiro atoms.